The number of nitrogens with two attached hydrogens (primary N) is 2. The average molecular weight is 290 g/mol. The van der Waals surface area contributed by atoms with Crippen molar-refractivity contribution in [1.82, 2.24) is 4.57 Å². The van der Waals surface area contributed by atoms with E-state index in [0.29, 0.717) is 16.9 Å². The SMILES string of the molecule is Cn1c(C(N)=O)cc2cc(C#N)cc(-c3ccc(N)cc3)c21. The van der Waals surface area contributed by atoms with Gasteiger partial charge in [-0.25, -0.2) is 0 Å². The molecule has 2 aromatic carbocycles. The van der Waals surface area contributed by atoms with E-state index in [1.165, 1.54) is 0 Å². The van der Waals surface area contributed by atoms with Gasteiger partial charge in [-0.3, -0.25) is 4.79 Å². The third kappa shape index (κ3) is 2.07. The number of hydrogen-bond acceptors (Lipinski definition) is 3. The van der Waals surface area contributed by atoms with Crippen LogP contribution in [-0.2, 0) is 7.05 Å². The molecule has 0 radical (unpaired) electrons. The Morgan fingerprint density at radius 2 is 1.86 bits per heavy atom. The highest BCUT2D eigenvalue weighted by Crippen LogP contribution is 2.32. The molecule has 0 bridgehead atoms. The standard InChI is InChI=1S/C17H14N4O/c1-21-15(17(20)22)8-12-6-10(9-18)7-14(16(12)21)11-2-4-13(19)5-3-11/h2-8H,19H2,1H3,(H2,20,22). The van der Waals surface area contributed by atoms with Crippen molar-refractivity contribution >= 4 is 22.5 Å². The highest BCUT2D eigenvalue weighted by molar-refractivity contribution is 6.03. The number of fused-ring (bicyclic) bond motifs is 1. The van der Waals surface area contributed by atoms with Gasteiger partial charge in [-0.15, -0.1) is 0 Å². The van der Waals surface area contributed by atoms with Crippen molar-refractivity contribution in [3.05, 3.63) is 53.7 Å². The van der Waals surface area contributed by atoms with Gasteiger partial charge in [0.15, 0.2) is 0 Å². The van der Waals surface area contributed by atoms with Crippen LogP contribution in [-0.4, -0.2) is 10.5 Å². The lowest BCUT2D eigenvalue weighted by Crippen LogP contribution is -2.14. The zero-order valence-corrected chi connectivity index (χ0v) is 12.0. The number of aromatic nitrogens is 1. The number of anilines is 1. The second-order valence-corrected chi connectivity index (χ2v) is 5.15. The highest BCUT2D eigenvalue weighted by atomic mass is 16.1. The predicted octanol–water partition coefficient (Wildman–Crippen LogP) is 2.40. The van der Waals surface area contributed by atoms with Crippen LogP contribution in [0, 0.1) is 11.3 Å². The van der Waals surface area contributed by atoms with E-state index in [-0.39, 0.29) is 0 Å². The van der Waals surface area contributed by atoms with E-state index in [2.05, 4.69) is 6.07 Å². The molecule has 0 spiro atoms. The van der Waals surface area contributed by atoms with Gasteiger partial charge in [-0.05, 0) is 35.9 Å². The molecule has 1 heterocycles. The summed E-state index contributed by atoms with van der Waals surface area (Å²) < 4.78 is 1.75. The van der Waals surface area contributed by atoms with Gasteiger partial charge in [-0.2, -0.15) is 5.26 Å². The molecule has 5 nitrogen and oxygen atoms in total. The fourth-order valence-electron chi connectivity index (χ4n) is 2.69. The van der Waals surface area contributed by atoms with Crippen LogP contribution in [0.2, 0.25) is 0 Å². The minimum absolute atomic E-state index is 0.404. The monoisotopic (exact) mass is 290 g/mol. The van der Waals surface area contributed by atoms with Crippen LogP contribution >= 0.6 is 0 Å². The van der Waals surface area contributed by atoms with Gasteiger partial charge in [0.05, 0.1) is 17.1 Å². The molecule has 0 saturated carbocycles. The molecule has 108 valence electrons. The fourth-order valence-corrected chi connectivity index (χ4v) is 2.69. The van der Waals surface area contributed by atoms with Crippen LogP contribution in [0.1, 0.15) is 16.1 Å². The second kappa shape index (κ2) is 4.93. The first-order valence-corrected chi connectivity index (χ1v) is 6.70. The van der Waals surface area contributed by atoms with Crippen molar-refractivity contribution in [2.45, 2.75) is 0 Å². The van der Waals surface area contributed by atoms with Crippen LogP contribution in [0.25, 0.3) is 22.0 Å². The second-order valence-electron chi connectivity index (χ2n) is 5.15. The molecule has 1 aromatic heterocycles. The number of amides is 1. The Morgan fingerprint density at radius 1 is 1.18 bits per heavy atom. The Morgan fingerprint density at radius 3 is 2.45 bits per heavy atom. The van der Waals surface area contributed by atoms with E-state index in [0.717, 1.165) is 22.0 Å². The predicted molar refractivity (Wildman–Crippen MR) is 86.0 cm³/mol. The van der Waals surface area contributed by atoms with Crippen molar-refractivity contribution in [3.8, 4) is 17.2 Å². The summed E-state index contributed by atoms with van der Waals surface area (Å²) in [6.07, 6.45) is 0. The molecule has 0 saturated heterocycles. The van der Waals surface area contributed by atoms with Crippen molar-refractivity contribution in [3.63, 3.8) is 0 Å². The Bertz CT molecular complexity index is 930. The number of aryl methyl sites for hydroxylation is 1. The van der Waals surface area contributed by atoms with E-state index in [1.54, 1.807) is 41.9 Å². The summed E-state index contributed by atoms with van der Waals surface area (Å²) in [5, 5.41) is 10.0. The Hall–Kier alpha value is -3.26. The number of benzene rings is 2. The van der Waals surface area contributed by atoms with Gasteiger partial charge >= 0.3 is 0 Å². The van der Waals surface area contributed by atoms with Crippen molar-refractivity contribution in [2.24, 2.45) is 12.8 Å². The molecule has 0 atom stereocenters. The number of nitriles is 1. The van der Waals surface area contributed by atoms with Crippen LogP contribution in [0.15, 0.2) is 42.5 Å². The Labute approximate surface area is 127 Å². The molecule has 3 rings (SSSR count). The summed E-state index contributed by atoms with van der Waals surface area (Å²) in [7, 11) is 1.79. The molecule has 4 N–H and O–H groups in total. The minimum Gasteiger partial charge on any atom is -0.399 e. The molecule has 1 amide bonds. The molecule has 0 aliphatic rings. The summed E-state index contributed by atoms with van der Waals surface area (Å²) >= 11 is 0. The zero-order chi connectivity index (χ0) is 15.9. The number of carbonyl (C=O) groups is 1. The quantitative estimate of drug-likeness (QED) is 0.709. The van der Waals surface area contributed by atoms with E-state index >= 15 is 0 Å². The molecule has 0 fully saturated rings. The molecule has 0 aliphatic heterocycles. The maximum absolute atomic E-state index is 11.6. The lowest BCUT2D eigenvalue weighted by atomic mass is 10.00. The summed E-state index contributed by atoms with van der Waals surface area (Å²) in [6, 6.07) is 14.8. The largest absolute Gasteiger partial charge is 0.399 e. The van der Waals surface area contributed by atoms with Gasteiger partial charge in [0.25, 0.3) is 5.91 Å². The first-order valence-electron chi connectivity index (χ1n) is 6.70. The zero-order valence-electron chi connectivity index (χ0n) is 12.0. The van der Waals surface area contributed by atoms with E-state index in [9.17, 15) is 10.1 Å². The first-order chi connectivity index (χ1) is 10.5. The number of carbonyl (C=O) groups excluding carboxylic acids is 1. The molecule has 0 unspecified atom stereocenters. The van der Waals surface area contributed by atoms with Crippen LogP contribution < -0.4 is 11.5 Å². The summed E-state index contributed by atoms with van der Waals surface area (Å²) in [6.45, 7) is 0. The average Bonchev–Trinajstić information content (AvgIpc) is 2.84. The number of primary amides is 1. The highest BCUT2D eigenvalue weighted by Gasteiger charge is 2.15. The molecular formula is C17H14N4O. The van der Waals surface area contributed by atoms with E-state index < -0.39 is 5.91 Å². The Kier molecular flexibility index (Phi) is 3.08. The number of nitrogens with zero attached hydrogens (tertiary/aromatic N) is 2. The van der Waals surface area contributed by atoms with Crippen molar-refractivity contribution in [1.29, 1.82) is 5.26 Å². The van der Waals surface area contributed by atoms with E-state index in [1.807, 2.05) is 12.1 Å². The molecule has 5 heteroatoms. The van der Waals surface area contributed by atoms with Gasteiger partial charge in [0.1, 0.15) is 5.69 Å². The topological polar surface area (TPSA) is 97.8 Å². The molecular weight excluding hydrogens is 276 g/mol. The van der Waals surface area contributed by atoms with Crippen LogP contribution in [0.4, 0.5) is 5.69 Å². The third-order valence-corrected chi connectivity index (χ3v) is 3.73. The Balaban J connectivity index is 2.39. The van der Waals surface area contributed by atoms with Crippen molar-refractivity contribution in [2.75, 3.05) is 5.73 Å². The summed E-state index contributed by atoms with van der Waals surface area (Å²) in [5.74, 6) is -0.500. The lowest BCUT2D eigenvalue weighted by Gasteiger charge is -2.09. The number of nitrogen functional groups attached to an aromatic ring is 1. The normalized spacial score (nSPS) is 10.5. The number of hydrogen-bond donors (Lipinski definition) is 2. The maximum Gasteiger partial charge on any atom is 0.265 e. The maximum atomic E-state index is 11.6. The lowest BCUT2D eigenvalue weighted by molar-refractivity contribution is 0.0993. The van der Waals surface area contributed by atoms with Gasteiger partial charge in [-0.1, -0.05) is 12.1 Å². The molecule has 22 heavy (non-hydrogen) atoms. The van der Waals surface area contributed by atoms with Crippen molar-refractivity contribution < 1.29 is 4.79 Å². The van der Waals surface area contributed by atoms with Gasteiger partial charge in [0, 0.05) is 23.7 Å². The summed E-state index contributed by atoms with van der Waals surface area (Å²) in [4.78, 5) is 11.6. The summed E-state index contributed by atoms with van der Waals surface area (Å²) in [5.41, 5.74) is 15.4. The van der Waals surface area contributed by atoms with Gasteiger partial charge < -0.3 is 16.0 Å². The smallest absolute Gasteiger partial charge is 0.265 e. The first kappa shape index (κ1) is 13.7. The molecule has 0 aliphatic carbocycles. The third-order valence-electron chi connectivity index (χ3n) is 3.73. The van der Waals surface area contributed by atoms with Crippen LogP contribution in [0.5, 0.6) is 0 Å². The minimum atomic E-state index is -0.500. The van der Waals surface area contributed by atoms with Crippen LogP contribution in [0.3, 0.4) is 0 Å². The van der Waals surface area contributed by atoms with E-state index in [4.69, 9.17) is 11.5 Å². The fraction of sp³-hybridized carbons (Fsp3) is 0.0588. The number of rotatable bonds is 2. The molecule has 3 aromatic rings. The van der Waals surface area contributed by atoms with Gasteiger partial charge in [0.2, 0.25) is 0 Å².